The predicted octanol–water partition coefficient (Wildman–Crippen LogP) is 4.58. The van der Waals surface area contributed by atoms with Crippen LogP contribution in [0.25, 0.3) is 34.1 Å². The molecule has 0 aliphatic heterocycles. The molecule has 130 valence electrons. The van der Waals surface area contributed by atoms with Crippen molar-refractivity contribution in [2.24, 2.45) is 0 Å². The van der Waals surface area contributed by atoms with Crippen molar-refractivity contribution in [3.63, 3.8) is 0 Å². The number of aromatic amines is 1. The maximum absolute atomic E-state index is 5.66. The summed E-state index contributed by atoms with van der Waals surface area (Å²) in [5.74, 6) is 1.76. The molecular formula is C20H18N4O2. The predicted molar refractivity (Wildman–Crippen MR) is 98.5 cm³/mol. The lowest BCUT2D eigenvalue weighted by Crippen LogP contribution is -2.05. The fourth-order valence-corrected chi connectivity index (χ4v) is 2.68. The van der Waals surface area contributed by atoms with Crippen molar-refractivity contribution in [2.45, 2.75) is 20.0 Å². The normalized spacial score (nSPS) is 11.0. The highest BCUT2D eigenvalue weighted by Gasteiger charge is 2.17. The van der Waals surface area contributed by atoms with Crippen LogP contribution in [0, 0.1) is 0 Å². The highest BCUT2D eigenvalue weighted by Crippen LogP contribution is 2.30. The van der Waals surface area contributed by atoms with Crippen molar-refractivity contribution < 1.29 is 9.26 Å². The molecular weight excluding hydrogens is 328 g/mol. The molecule has 0 atom stereocenters. The van der Waals surface area contributed by atoms with Crippen LogP contribution in [0.4, 0.5) is 0 Å². The van der Waals surface area contributed by atoms with Crippen molar-refractivity contribution in [2.75, 3.05) is 0 Å². The van der Waals surface area contributed by atoms with Gasteiger partial charge in [0.2, 0.25) is 5.82 Å². The van der Waals surface area contributed by atoms with E-state index in [2.05, 4.69) is 20.3 Å². The van der Waals surface area contributed by atoms with Gasteiger partial charge in [0, 0.05) is 11.1 Å². The number of ether oxygens (including phenoxy) is 1. The van der Waals surface area contributed by atoms with Gasteiger partial charge in [-0.25, -0.2) is 0 Å². The number of nitrogens with one attached hydrogen (secondary N) is 1. The largest absolute Gasteiger partial charge is 0.491 e. The molecule has 6 nitrogen and oxygen atoms in total. The van der Waals surface area contributed by atoms with Crippen LogP contribution < -0.4 is 4.74 Å². The van der Waals surface area contributed by atoms with Crippen molar-refractivity contribution >= 4 is 0 Å². The van der Waals surface area contributed by atoms with Crippen molar-refractivity contribution in [3.8, 4) is 39.8 Å². The molecule has 0 radical (unpaired) electrons. The first kappa shape index (κ1) is 16.1. The Morgan fingerprint density at radius 2 is 1.73 bits per heavy atom. The maximum atomic E-state index is 5.66. The molecule has 6 heteroatoms. The fraction of sp³-hybridized carbons (Fsp3) is 0.150. The summed E-state index contributed by atoms with van der Waals surface area (Å²) in [5.41, 5.74) is 3.49. The second kappa shape index (κ2) is 6.84. The Kier molecular flexibility index (Phi) is 4.23. The van der Waals surface area contributed by atoms with Crippen LogP contribution in [0.15, 0.2) is 65.3 Å². The van der Waals surface area contributed by atoms with E-state index in [-0.39, 0.29) is 6.10 Å². The molecule has 0 unspecified atom stereocenters. The van der Waals surface area contributed by atoms with Gasteiger partial charge in [0.1, 0.15) is 5.75 Å². The third-order valence-corrected chi connectivity index (χ3v) is 3.84. The molecule has 2 aromatic carbocycles. The van der Waals surface area contributed by atoms with Gasteiger partial charge < -0.3 is 9.26 Å². The fourth-order valence-electron chi connectivity index (χ4n) is 2.68. The van der Waals surface area contributed by atoms with E-state index >= 15 is 0 Å². The minimum atomic E-state index is 0.134. The standard InChI is InChI=1S/C20H18N4O2/c1-13(2)25-16-10-8-15(9-11-16)19-22-20(26-24-19)17-12-21-23-18(17)14-6-4-3-5-7-14/h3-13H,1-2H3,(H,21,23). The van der Waals surface area contributed by atoms with Gasteiger partial charge in [-0.05, 0) is 38.1 Å². The van der Waals surface area contributed by atoms with Crippen LogP contribution in [-0.4, -0.2) is 26.4 Å². The van der Waals surface area contributed by atoms with Crippen molar-refractivity contribution in [1.29, 1.82) is 0 Å². The van der Waals surface area contributed by atoms with E-state index in [1.165, 1.54) is 0 Å². The summed E-state index contributed by atoms with van der Waals surface area (Å²) < 4.78 is 11.1. The zero-order valence-electron chi connectivity index (χ0n) is 14.5. The number of hydrogen-bond donors (Lipinski definition) is 1. The molecule has 0 saturated heterocycles. The maximum Gasteiger partial charge on any atom is 0.262 e. The monoisotopic (exact) mass is 346 g/mol. The molecule has 0 bridgehead atoms. The summed E-state index contributed by atoms with van der Waals surface area (Å²) in [6.07, 6.45) is 1.83. The van der Waals surface area contributed by atoms with Crippen LogP contribution in [0.2, 0.25) is 0 Å². The Labute approximate surface area is 150 Å². The highest BCUT2D eigenvalue weighted by molar-refractivity contribution is 5.76. The van der Waals surface area contributed by atoms with E-state index in [0.29, 0.717) is 11.7 Å². The van der Waals surface area contributed by atoms with Gasteiger partial charge in [0.05, 0.1) is 23.6 Å². The number of nitrogens with zero attached hydrogens (tertiary/aromatic N) is 3. The topological polar surface area (TPSA) is 76.8 Å². The Balaban J connectivity index is 1.62. The quantitative estimate of drug-likeness (QED) is 0.572. The molecule has 0 saturated carbocycles. The van der Waals surface area contributed by atoms with E-state index in [0.717, 1.165) is 28.1 Å². The third-order valence-electron chi connectivity index (χ3n) is 3.84. The van der Waals surface area contributed by atoms with Gasteiger partial charge in [0.15, 0.2) is 0 Å². The van der Waals surface area contributed by atoms with Crippen LogP contribution in [-0.2, 0) is 0 Å². The van der Waals surface area contributed by atoms with E-state index in [1.54, 1.807) is 6.20 Å². The molecule has 0 aliphatic rings. The lowest BCUT2D eigenvalue weighted by molar-refractivity contribution is 0.242. The number of benzene rings is 2. The summed E-state index contributed by atoms with van der Waals surface area (Å²) in [6.45, 7) is 3.99. The van der Waals surface area contributed by atoms with Crippen LogP contribution in [0.1, 0.15) is 13.8 Å². The van der Waals surface area contributed by atoms with E-state index in [4.69, 9.17) is 9.26 Å². The molecule has 0 fully saturated rings. The van der Waals surface area contributed by atoms with Gasteiger partial charge in [-0.3, -0.25) is 5.10 Å². The van der Waals surface area contributed by atoms with Crippen LogP contribution in [0.3, 0.4) is 0 Å². The minimum Gasteiger partial charge on any atom is -0.491 e. The van der Waals surface area contributed by atoms with Crippen molar-refractivity contribution in [3.05, 3.63) is 60.8 Å². The van der Waals surface area contributed by atoms with E-state index in [1.807, 2.05) is 68.4 Å². The first-order valence-corrected chi connectivity index (χ1v) is 8.40. The third kappa shape index (κ3) is 3.21. The number of aromatic nitrogens is 4. The average Bonchev–Trinajstić information content (AvgIpc) is 3.32. The zero-order chi connectivity index (χ0) is 17.9. The Morgan fingerprint density at radius 1 is 0.962 bits per heavy atom. The van der Waals surface area contributed by atoms with Crippen LogP contribution >= 0.6 is 0 Å². The Morgan fingerprint density at radius 3 is 2.46 bits per heavy atom. The first-order valence-electron chi connectivity index (χ1n) is 8.40. The molecule has 2 aromatic heterocycles. The summed E-state index contributed by atoms with van der Waals surface area (Å²) in [7, 11) is 0. The van der Waals surface area contributed by atoms with Gasteiger partial charge in [-0.2, -0.15) is 10.1 Å². The molecule has 1 N–H and O–H groups in total. The van der Waals surface area contributed by atoms with Crippen molar-refractivity contribution in [1.82, 2.24) is 20.3 Å². The lowest BCUT2D eigenvalue weighted by Gasteiger charge is -2.09. The summed E-state index contributed by atoms with van der Waals surface area (Å²) in [6, 6.07) is 17.6. The molecule has 4 rings (SSSR count). The summed E-state index contributed by atoms with van der Waals surface area (Å²) in [4.78, 5) is 4.52. The average molecular weight is 346 g/mol. The van der Waals surface area contributed by atoms with Gasteiger partial charge in [-0.1, -0.05) is 35.5 Å². The van der Waals surface area contributed by atoms with Gasteiger partial charge >= 0.3 is 0 Å². The second-order valence-electron chi connectivity index (χ2n) is 6.14. The summed E-state index contributed by atoms with van der Waals surface area (Å²) >= 11 is 0. The molecule has 0 aliphatic carbocycles. The Hall–Kier alpha value is -3.41. The SMILES string of the molecule is CC(C)Oc1ccc(-c2noc(-c3cn[nH]c3-c3ccccc3)n2)cc1. The minimum absolute atomic E-state index is 0.134. The van der Waals surface area contributed by atoms with Gasteiger partial charge in [-0.15, -0.1) is 0 Å². The molecule has 2 heterocycles. The smallest absolute Gasteiger partial charge is 0.262 e. The Bertz CT molecular complexity index is 988. The first-order chi connectivity index (χ1) is 12.7. The van der Waals surface area contributed by atoms with Crippen LogP contribution in [0.5, 0.6) is 5.75 Å². The summed E-state index contributed by atoms with van der Waals surface area (Å²) in [5, 5.41) is 11.2. The van der Waals surface area contributed by atoms with E-state index < -0.39 is 0 Å². The number of H-pyrrole nitrogens is 1. The second-order valence-corrected chi connectivity index (χ2v) is 6.14. The zero-order valence-corrected chi connectivity index (χ0v) is 14.5. The number of rotatable bonds is 5. The lowest BCUT2D eigenvalue weighted by atomic mass is 10.1. The number of hydrogen-bond acceptors (Lipinski definition) is 5. The molecule has 4 aromatic rings. The molecule has 26 heavy (non-hydrogen) atoms. The van der Waals surface area contributed by atoms with E-state index in [9.17, 15) is 0 Å². The highest BCUT2D eigenvalue weighted by atomic mass is 16.5. The molecule has 0 amide bonds. The van der Waals surface area contributed by atoms with Gasteiger partial charge in [0.25, 0.3) is 5.89 Å². The molecule has 0 spiro atoms.